The monoisotopic (exact) mass is 400 g/mol. The second-order valence-electron chi connectivity index (χ2n) is 5.90. The molecule has 1 aromatic carbocycles. The maximum absolute atomic E-state index is 12.7. The molecule has 1 unspecified atom stereocenters. The topological polar surface area (TPSA) is 90.0 Å². The molecule has 2 aliphatic rings. The molecule has 2 saturated heterocycles. The van der Waals surface area contributed by atoms with E-state index in [-0.39, 0.29) is 18.4 Å². The molecule has 2 aliphatic heterocycles. The number of hydrogen-bond donors (Lipinski definition) is 1. The standard InChI is InChI=1S/C16H17ClN4O4.ClH/c1-19-14(23)15(24)21(16(19)25)9-13(22)20-6-5-18-8-12(20)10-3-2-4-11(17)7-10;/h2-4,7,12,18H,5-6,8-9H2,1H3;1H. The zero-order chi connectivity index (χ0) is 18.1. The van der Waals surface area contributed by atoms with Crippen LogP contribution in [0.4, 0.5) is 4.79 Å². The molecule has 10 heteroatoms. The second-order valence-corrected chi connectivity index (χ2v) is 6.34. The first-order chi connectivity index (χ1) is 11.9. The molecule has 1 aromatic rings. The number of halogens is 2. The summed E-state index contributed by atoms with van der Waals surface area (Å²) in [5, 5.41) is 3.78. The van der Waals surface area contributed by atoms with E-state index >= 15 is 0 Å². The smallest absolute Gasteiger partial charge is 0.332 e. The van der Waals surface area contributed by atoms with Crippen molar-refractivity contribution in [2.24, 2.45) is 0 Å². The van der Waals surface area contributed by atoms with Gasteiger partial charge in [0.2, 0.25) is 5.91 Å². The number of imide groups is 2. The Balaban J connectivity index is 0.00000243. The highest BCUT2D eigenvalue weighted by Gasteiger charge is 2.44. The lowest BCUT2D eigenvalue weighted by Gasteiger charge is -2.37. The third-order valence-electron chi connectivity index (χ3n) is 4.34. The Labute approximate surface area is 161 Å². The minimum atomic E-state index is -0.977. The van der Waals surface area contributed by atoms with Crippen LogP contribution in [0.5, 0.6) is 0 Å². The summed E-state index contributed by atoms with van der Waals surface area (Å²) in [7, 11) is 1.21. The van der Waals surface area contributed by atoms with Crippen molar-refractivity contribution in [3.05, 3.63) is 34.9 Å². The molecule has 0 saturated carbocycles. The van der Waals surface area contributed by atoms with Crippen molar-refractivity contribution in [2.45, 2.75) is 6.04 Å². The predicted octanol–water partition coefficient (Wildman–Crippen LogP) is 0.655. The molecule has 26 heavy (non-hydrogen) atoms. The van der Waals surface area contributed by atoms with Gasteiger partial charge in [0.05, 0.1) is 6.04 Å². The molecule has 0 aromatic heterocycles. The zero-order valence-electron chi connectivity index (χ0n) is 14.0. The average Bonchev–Trinajstić information content (AvgIpc) is 2.79. The average molecular weight is 401 g/mol. The van der Waals surface area contributed by atoms with E-state index < -0.39 is 30.3 Å². The molecule has 140 valence electrons. The number of rotatable bonds is 3. The van der Waals surface area contributed by atoms with Crippen LogP contribution in [0.2, 0.25) is 5.02 Å². The van der Waals surface area contributed by atoms with E-state index in [2.05, 4.69) is 5.32 Å². The lowest BCUT2D eigenvalue weighted by Crippen LogP contribution is -2.52. The van der Waals surface area contributed by atoms with Crippen molar-refractivity contribution >= 4 is 47.8 Å². The highest BCUT2D eigenvalue weighted by molar-refractivity contribution is 6.44. The number of urea groups is 1. The van der Waals surface area contributed by atoms with Gasteiger partial charge < -0.3 is 10.2 Å². The molecule has 1 atom stereocenters. The molecule has 0 spiro atoms. The van der Waals surface area contributed by atoms with E-state index in [1.807, 2.05) is 6.07 Å². The molecule has 5 amide bonds. The fourth-order valence-corrected chi connectivity index (χ4v) is 3.19. The van der Waals surface area contributed by atoms with Crippen LogP contribution < -0.4 is 5.32 Å². The van der Waals surface area contributed by atoms with Gasteiger partial charge in [0.1, 0.15) is 6.54 Å². The molecule has 0 radical (unpaired) electrons. The van der Waals surface area contributed by atoms with Gasteiger partial charge in [-0.15, -0.1) is 12.4 Å². The summed E-state index contributed by atoms with van der Waals surface area (Å²) in [5.41, 5.74) is 0.861. The first-order valence-electron chi connectivity index (χ1n) is 7.79. The van der Waals surface area contributed by atoms with Crippen LogP contribution in [-0.2, 0) is 14.4 Å². The van der Waals surface area contributed by atoms with E-state index in [4.69, 9.17) is 11.6 Å². The highest BCUT2D eigenvalue weighted by atomic mass is 35.5. The van der Waals surface area contributed by atoms with Crippen LogP contribution in [0.1, 0.15) is 11.6 Å². The van der Waals surface area contributed by atoms with E-state index in [9.17, 15) is 19.2 Å². The summed E-state index contributed by atoms with van der Waals surface area (Å²) in [4.78, 5) is 51.1. The van der Waals surface area contributed by atoms with Gasteiger partial charge in [-0.3, -0.25) is 19.3 Å². The lowest BCUT2D eigenvalue weighted by molar-refractivity contribution is -0.145. The SMILES string of the molecule is CN1C(=O)C(=O)N(CC(=O)N2CCNCC2c2cccc(Cl)c2)C1=O.Cl. The van der Waals surface area contributed by atoms with Crippen LogP contribution in [0.3, 0.4) is 0 Å². The van der Waals surface area contributed by atoms with Gasteiger partial charge in [-0.05, 0) is 17.7 Å². The Kier molecular flexibility index (Phi) is 6.22. The van der Waals surface area contributed by atoms with Gasteiger partial charge in [-0.1, -0.05) is 23.7 Å². The number of carbonyl (C=O) groups excluding carboxylic acids is 4. The third-order valence-corrected chi connectivity index (χ3v) is 4.58. The summed E-state index contributed by atoms with van der Waals surface area (Å²) in [6, 6.07) is 6.15. The minimum Gasteiger partial charge on any atom is -0.332 e. The number of amides is 5. The molecule has 2 heterocycles. The summed E-state index contributed by atoms with van der Waals surface area (Å²) in [5.74, 6) is -2.30. The summed E-state index contributed by atoms with van der Waals surface area (Å²) in [6.07, 6.45) is 0. The van der Waals surface area contributed by atoms with Gasteiger partial charge >= 0.3 is 17.8 Å². The molecule has 8 nitrogen and oxygen atoms in total. The number of carbonyl (C=O) groups is 4. The maximum atomic E-state index is 12.7. The number of hydrogen-bond acceptors (Lipinski definition) is 5. The minimum absolute atomic E-state index is 0. The van der Waals surface area contributed by atoms with Crippen LogP contribution in [0.15, 0.2) is 24.3 Å². The first kappa shape index (κ1) is 20.2. The predicted molar refractivity (Wildman–Crippen MR) is 95.9 cm³/mol. The van der Waals surface area contributed by atoms with E-state index in [1.165, 1.54) is 7.05 Å². The molecule has 0 aliphatic carbocycles. The fraction of sp³-hybridized carbons (Fsp3) is 0.375. The second kappa shape index (κ2) is 8.03. The summed E-state index contributed by atoms with van der Waals surface area (Å²) in [6.45, 7) is 1.11. The number of benzene rings is 1. The van der Waals surface area contributed by atoms with Crippen molar-refractivity contribution < 1.29 is 19.2 Å². The normalized spacial score (nSPS) is 20.5. The number of piperazine rings is 1. The summed E-state index contributed by atoms with van der Waals surface area (Å²) >= 11 is 6.03. The molecule has 0 bridgehead atoms. The van der Waals surface area contributed by atoms with Gasteiger partial charge in [0.15, 0.2) is 0 Å². The Bertz CT molecular complexity index is 758. The van der Waals surface area contributed by atoms with Gasteiger partial charge in [0.25, 0.3) is 0 Å². The van der Waals surface area contributed by atoms with Gasteiger partial charge in [0, 0.05) is 31.7 Å². The number of nitrogens with one attached hydrogen (secondary N) is 1. The number of nitrogens with zero attached hydrogens (tertiary/aromatic N) is 3. The Morgan fingerprint density at radius 1 is 1.27 bits per heavy atom. The molecular weight excluding hydrogens is 383 g/mol. The van der Waals surface area contributed by atoms with Gasteiger partial charge in [-0.2, -0.15) is 0 Å². The van der Waals surface area contributed by atoms with Crippen LogP contribution >= 0.6 is 24.0 Å². The quantitative estimate of drug-likeness (QED) is 0.594. The Morgan fingerprint density at radius 3 is 2.62 bits per heavy atom. The van der Waals surface area contributed by atoms with Crippen LogP contribution in [-0.4, -0.2) is 71.7 Å². The zero-order valence-corrected chi connectivity index (χ0v) is 15.5. The van der Waals surface area contributed by atoms with Crippen molar-refractivity contribution in [1.29, 1.82) is 0 Å². The Hall–Kier alpha value is -2.16. The first-order valence-corrected chi connectivity index (χ1v) is 8.17. The van der Waals surface area contributed by atoms with Crippen molar-refractivity contribution in [3.63, 3.8) is 0 Å². The molecule has 1 N–H and O–H groups in total. The van der Waals surface area contributed by atoms with E-state index in [1.54, 1.807) is 23.1 Å². The van der Waals surface area contributed by atoms with Gasteiger partial charge in [-0.25, -0.2) is 9.69 Å². The molecule has 2 fully saturated rings. The van der Waals surface area contributed by atoms with Crippen LogP contribution in [0.25, 0.3) is 0 Å². The van der Waals surface area contributed by atoms with E-state index in [0.717, 1.165) is 5.56 Å². The van der Waals surface area contributed by atoms with E-state index in [0.29, 0.717) is 34.5 Å². The highest BCUT2D eigenvalue weighted by Crippen LogP contribution is 2.25. The Morgan fingerprint density at radius 2 is 2.00 bits per heavy atom. The van der Waals surface area contributed by atoms with Crippen molar-refractivity contribution in [2.75, 3.05) is 33.2 Å². The largest absolute Gasteiger partial charge is 0.334 e. The molecular formula is C16H18Cl2N4O4. The molecule has 3 rings (SSSR count). The fourth-order valence-electron chi connectivity index (χ4n) is 2.99. The lowest BCUT2D eigenvalue weighted by atomic mass is 10.0. The maximum Gasteiger partial charge on any atom is 0.334 e. The van der Waals surface area contributed by atoms with Crippen LogP contribution in [0, 0.1) is 0 Å². The third kappa shape index (κ3) is 3.67. The van der Waals surface area contributed by atoms with Crippen molar-refractivity contribution in [3.8, 4) is 0 Å². The summed E-state index contributed by atoms with van der Waals surface area (Å²) < 4.78 is 0. The van der Waals surface area contributed by atoms with Crippen molar-refractivity contribution in [1.82, 2.24) is 20.0 Å². The number of likely N-dealkylation sites (N-methyl/N-ethyl adjacent to an activating group) is 1.